The highest BCUT2D eigenvalue weighted by Gasteiger charge is 2.17. The van der Waals surface area contributed by atoms with Gasteiger partial charge in [0.25, 0.3) is 0 Å². The Morgan fingerprint density at radius 2 is 2.35 bits per heavy atom. The summed E-state index contributed by atoms with van der Waals surface area (Å²) in [6, 6.07) is 6.62. The Hall–Kier alpha value is -0.580. The molecule has 0 saturated carbocycles. The molecule has 1 aliphatic rings. The summed E-state index contributed by atoms with van der Waals surface area (Å²) >= 11 is 3.57. The number of halogens is 1. The second-order valence-electron chi connectivity index (χ2n) is 4.57. The maximum atomic E-state index is 9.28. The van der Waals surface area contributed by atoms with Crippen molar-refractivity contribution >= 4 is 21.6 Å². The minimum atomic E-state index is 0.178. The summed E-state index contributed by atoms with van der Waals surface area (Å²) in [7, 11) is 0. The molecule has 0 aromatic heterocycles. The second-order valence-corrected chi connectivity index (χ2v) is 5.42. The van der Waals surface area contributed by atoms with Gasteiger partial charge in [-0.1, -0.05) is 22.0 Å². The molecule has 0 bridgehead atoms. The molecule has 0 spiro atoms. The predicted molar refractivity (Wildman–Crippen MR) is 74.6 cm³/mol. The molecule has 3 nitrogen and oxygen atoms in total. The third kappa shape index (κ3) is 3.21. The number of rotatable bonds is 2. The molecule has 2 N–H and O–H groups in total. The number of hydrogen-bond acceptors (Lipinski definition) is 3. The van der Waals surface area contributed by atoms with Gasteiger partial charge >= 0.3 is 0 Å². The number of anilines is 1. The van der Waals surface area contributed by atoms with Crippen molar-refractivity contribution in [1.82, 2.24) is 5.32 Å². The Morgan fingerprint density at radius 3 is 3.06 bits per heavy atom. The van der Waals surface area contributed by atoms with Crippen molar-refractivity contribution in [1.29, 1.82) is 0 Å². The van der Waals surface area contributed by atoms with Crippen LogP contribution in [0.25, 0.3) is 0 Å². The molecule has 0 amide bonds. The van der Waals surface area contributed by atoms with E-state index in [-0.39, 0.29) is 12.6 Å². The molecule has 0 aliphatic carbocycles. The molecule has 17 heavy (non-hydrogen) atoms. The first-order valence-corrected chi connectivity index (χ1v) is 6.85. The fourth-order valence-electron chi connectivity index (χ4n) is 2.13. The van der Waals surface area contributed by atoms with Gasteiger partial charge in [0.2, 0.25) is 0 Å². The molecular weight excluding hydrogens is 280 g/mol. The first kappa shape index (κ1) is 12.9. The lowest BCUT2D eigenvalue weighted by atomic mass is 10.2. The average molecular weight is 299 g/mol. The van der Waals surface area contributed by atoms with Crippen LogP contribution >= 0.6 is 15.9 Å². The number of aliphatic hydroxyl groups is 1. The smallest absolute Gasteiger partial charge is 0.0601 e. The molecule has 0 radical (unpaired) electrons. The van der Waals surface area contributed by atoms with E-state index in [4.69, 9.17) is 0 Å². The highest BCUT2D eigenvalue weighted by molar-refractivity contribution is 9.10. The third-order valence-corrected chi connectivity index (χ3v) is 4.07. The molecule has 2 rings (SSSR count). The summed E-state index contributed by atoms with van der Waals surface area (Å²) in [5, 5.41) is 12.6. The molecular formula is C13H19BrN2O. The first-order chi connectivity index (χ1) is 8.20. The maximum absolute atomic E-state index is 9.28. The van der Waals surface area contributed by atoms with E-state index >= 15 is 0 Å². The van der Waals surface area contributed by atoms with Gasteiger partial charge in [0.05, 0.1) is 6.61 Å². The lowest BCUT2D eigenvalue weighted by Gasteiger charge is -2.26. The van der Waals surface area contributed by atoms with Gasteiger partial charge in [0.1, 0.15) is 0 Å². The molecule has 94 valence electrons. The number of nitrogens with zero attached hydrogens (tertiary/aromatic N) is 1. The van der Waals surface area contributed by atoms with E-state index in [1.807, 2.05) is 0 Å². The van der Waals surface area contributed by atoms with Crippen LogP contribution < -0.4 is 10.2 Å². The quantitative estimate of drug-likeness (QED) is 0.876. The Kier molecular flexibility index (Phi) is 4.42. The van der Waals surface area contributed by atoms with Crippen LogP contribution in [-0.4, -0.2) is 37.4 Å². The summed E-state index contributed by atoms with van der Waals surface area (Å²) in [6.45, 7) is 5.18. The number of aliphatic hydroxyl groups excluding tert-OH is 1. The minimum Gasteiger partial charge on any atom is -0.395 e. The highest BCUT2D eigenvalue weighted by Crippen LogP contribution is 2.24. The maximum Gasteiger partial charge on any atom is 0.0601 e. The summed E-state index contributed by atoms with van der Waals surface area (Å²) in [4.78, 5) is 2.34. The zero-order valence-electron chi connectivity index (χ0n) is 10.1. The lowest BCUT2D eigenvalue weighted by Crippen LogP contribution is -2.40. The Labute approximate surface area is 111 Å². The molecule has 1 fully saturated rings. The molecule has 4 heteroatoms. The molecule has 1 aliphatic heterocycles. The van der Waals surface area contributed by atoms with E-state index < -0.39 is 0 Å². The van der Waals surface area contributed by atoms with Gasteiger partial charge in [-0.05, 0) is 37.6 Å². The van der Waals surface area contributed by atoms with Gasteiger partial charge in [-0.2, -0.15) is 0 Å². The van der Waals surface area contributed by atoms with Crippen LogP contribution in [0, 0.1) is 6.92 Å². The summed E-state index contributed by atoms with van der Waals surface area (Å²) in [5.74, 6) is 0. The zero-order valence-corrected chi connectivity index (χ0v) is 11.7. The van der Waals surface area contributed by atoms with Gasteiger partial charge in [0.15, 0.2) is 0 Å². The van der Waals surface area contributed by atoms with Crippen molar-refractivity contribution in [3.05, 3.63) is 28.2 Å². The normalized spacial score (nSPS) is 21.4. The lowest BCUT2D eigenvalue weighted by molar-refractivity contribution is 0.248. The second kappa shape index (κ2) is 5.85. The van der Waals surface area contributed by atoms with Crippen molar-refractivity contribution in [2.75, 3.05) is 31.1 Å². The first-order valence-electron chi connectivity index (χ1n) is 6.06. The highest BCUT2D eigenvalue weighted by atomic mass is 79.9. The average Bonchev–Trinajstić information content (AvgIpc) is 2.58. The van der Waals surface area contributed by atoms with Gasteiger partial charge in [-0.3, -0.25) is 0 Å². The SMILES string of the molecule is Cc1ccc(N2CCCNC(CO)C2)cc1Br. The summed E-state index contributed by atoms with van der Waals surface area (Å²) in [6.07, 6.45) is 1.11. The van der Waals surface area contributed by atoms with Gasteiger partial charge in [-0.15, -0.1) is 0 Å². The fourth-order valence-corrected chi connectivity index (χ4v) is 2.50. The number of benzene rings is 1. The van der Waals surface area contributed by atoms with E-state index in [1.54, 1.807) is 0 Å². The number of nitrogens with one attached hydrogen (secondary N) is 1. The fraction of sp³-hybridized carbons (Fsp3) is 0.538. The standard InChI is InChI=1S/C13H19BrN2O/c1-10-3-4-12(7-13(10)14)16-6-2-5-15-11(8-16)9-17/h3-4,7,11,15,17H,2,5-6,8-9H2,1H3. The van der Waals surface area contributed by atoms with Crippen LogP contribution in [0.5, 0.6) is 0 Å². The monoisotopic (exact) mass is 298 g/mol. The summed E-state index contributed by atoms with van der Waals surface area (Å²) < 4.78 is 1.15. The summed E-state index contributed by atoms with van der Waals surface area (Å²) in [5.41, 5.74) is 2.48. The van der Waals surface area contributed by atoms with Crippen molar-refractivity contribution < 1.29 is 5.11 Å². The van der Waals surface area contributed by atoms with E-state index in [0.717, 1.165) is 30.5 Å². The van der Waals surface area contributed by atoms with E-state index in [2.05, 4.69) is 51.3 Å². The Morgan fingerprint density at radius 1 is 1.53 bits per heavy atom. The van der Waals surface area contributed by atoms with Crippen LogP contribution in [-0.2, 0) is 0 Å². The molecule has 1 aromatic rings. The Balaban J connectivity index is 2.16. The van der Waals surface area contributed by atoms with Gasteiger partial charge in [0, 0.05) is 29.3 Å². The van der Waals surface area contributed by atoms with Gasteiger partial charge < -0.3 is 15.3 Å². The van der Waals surface area contributed by atoms with Crippen LogP contribution in [0.3, 0.4) is 0 Å². The molecule has 1 atom stereocenters. The van der Waals surface area contributed by atoms with E-state index in [9.17, 15) is 5.11 Å². The van der Waals surface area contributed by atoms with Crippen molar-refractivity contribution in [2.24, 2.45) is 0 Å². The third-order valence-electron chi connectivity index (χ3n) is 3.22. The van der Waals surface area contributed by atoms with E-state index in [0.29, 0.717) is 0 Å². The van der Waals surface area contributed by atoms with E-state index in [1.165, 1.54) is 11.3 Å². The molecule has 1 heterocycles. The molecule has 1 saturated heterocycles. The zero-order chi connectivity index (χ0) is 12.3. The van der Waals surface area contributed by atoms with Crippen molar-refractivity contribution in [3.8, 4) is 0 Å². The minimum absolute atomic E-state index is 0.178. The number of aryl methyl sites for hydroxylation is 1. The van der Waals surface area contributed by atoms with Crippen LogP contribution in [0.1, 0.15) is 12.0 Å². The number of hydrogen-bond donors (Lipinski definition) is 2. The topological polar surface area (TPSA) is 35.5 Å². The largest absolute Gasteiger partial charge is 0.395 e. The molecule has 1 aromatic carbocycles. The van der Waals surface area contributed by atoms with Crippen LogP contribution in [0.2, 0.25) is 0 Å². The van der Waals surface area contributed by atoms with Crippen molar-refractivity contribution in [2.45, 2.75) is 19.4 Å². The van der Waals surface area contributed by atoms with Gasteiger partial charge in [-0.25, -0.2) is 0 Å². The molecule has 1 unspecified atom stereocenters. The predicted octanol–water partition coefficient (Wildman–Crippen LogP) is 1.92. The van der Waals surface area contributed by atoms with Crippen LogP contribution in [0.15, 0.2) is 22.7 Å². The Bertz CT molecular complexity index is 384. The van der Waals surface area contributed by atoms with Crippen molar-refractivity contribution in [3.63, 3.8) is 0 Å². The van der Waals surface area contributed by atoms with Crippen LogP contribution in [0.4, 0.5) is 5.69 Å².